The number of hydrogen-bond acceptors (Lipinski definition) is 5. The fourth-order valence-corrected chi connectivity index (χ4v) is 5.57. The van der Waals surface area contributed by atoms with Gasteiger partial charge in [0.05, 0.1) is 18.9 Å². The Morgan fingerprint density at radius 3 is 2.57 bits per heavy atom. The van der Waals surface area contributed by atoms with E-state index >= 15 is 0 Å². The smallest absolute Gasteiger partial charge is 0.143 e. The van der Waals surface area contributed by atoms with Gasteiger partial charge in [0.25, 0.3) is 0 Å². The minimum Gasteiger partial charge on any atom is -0.487 e. The van der Waals surface area contributed by atoms with Gasteiger partial charge in [-0.25, -0.2) is 4.39 Å². The summed E-state index contributed by atoms with van der Waals surface area (Å²) in [5.41, 5.74) is 5.69. The fraction of sp³-hybridized carbons (Fsp3) is 0.379. The van der Waals surface area contributed by atoms with Crippen molar-refractivity contribution in [3.63, 3.8) is 0 Å². The quantitative estimate of drug-likeness (QED) is 0.520. The van der Waals surface area contributed by atoms with Gasteiger partial charge in [0.15, 0.2) is 0 Å². The van der Waals surface area contributed by atoms with Crippen molar-refractivity contribution in [1.29, 1.82) is 0 Å². The lowest BCUT2D eigenvalue weighted by atomic mass is 10.1. The van der Waals surface area contributed by atoms with Crippen LogP contribution in [0.3, 0.4) is 0 Å². The maximum absolute atomic E-state index is 14.0. The first kappa shape index (κ1) is 22.4. The van der Waals surface area contributed by atoms with E-state index in [0.717, 1.165) is 81.5 Å². The van der Waals surface area contributed by atoms with Crippen molar-refractivity contribution in [2.75, 3.05) is 55.7 Å². The van der Waals surface area contributed by atoms with Gasteiger partial charge in [-0.05, 0) is 60.9 Å². The van der Waals surface area contributed by atoms with Gasteiger partial charge in [-0.1, -0.05) is 24.3 Å². The number of rotatable bonds is 5. The molecule has 5 nitrogen and oxygen atoms in total. The molecule has 1 atom stereocenters. The number of anilines is 3. The van der Waals surface area contributed by atoms with Crippen molar-refractivity contribution in [2.45, 2.75) is 25.5 Å². The van der Waals surface area contributed by atoms with Crippen LogP contribution in [0.25, 0.3) is 0 Å². The molecule has 0 bridgehead atoms. The minimum absolute atomic E-state index is 0.217. The van der Waals surface area contributed by atoms with E-state index in [1.165, 1.54) is 11.3 Å². The summed E-state index contributed by atoms with van der Waals surface area (Å²) in [5.74, 6) is 0.647. The summed E-state index contributed by atoms with van der Waals surface area (Å²) in [4.78, 5) is 7.33. The van der Waals surface area contributed by atoms with Crippen molar-refractivity contribution in [1.82, 2.24) is 4.90 Å². The zero-order chi connectivity index (χ0) is 23.6. The number of fused-ring (bicyclic) bond motifs is 2. The Bertz CT molecular complexity index is 1160. The molecule has 0 saturated carbocycles. The maximum atomic E-state index is 14.0. The number of hydrogen-bond donors (Lipinski definition) is 0. The topological polar surface area (TPSA) is 28.2 Å². The van der Waals surface area contributed by atoms with Crippen LogP contribution in [0.2, 0.25) is 0 Å². The number of likely N-dealkylation sites (tertiary alicyclic amines) is 1. The largest absolute Gasteiger partial charge is 0.487 e. The molecule has 182 valence electrons. The van der Waals surface area contributed by atoms with Crippen LogP contribution in [0.1, 0.15) is 17.5 Å². The second-order valence-corrected chi connectivity index (χ2v) is 9.66. The Labute approximate surface area is 206 Å². The van der Waals surface area contributed by atoms with Crippen molar-refractivity contribution in [2.24, 2.45) is 0 Å². The molecule has 3 aliphatic heterocycles. The third-order valence-corrected chi connectivity index (χ3v) is 7.45. The number of morpholine rings is 1. The highest BCUT2D eigenvalue weighted by molar-refractivity contribution is 5.73. The minimum atomic E-state index is -0.217. The highest BCUT2D eigenvalue weighted by Gasteiger charge is 2.33. The second-order valence-electron chi connectivity index (χ2n) is 9.66. The van der Waals surface area contributed by atoms with Gasteiger partial charge in [0.1, 0.15) is 18.2 Å². The van der Waals surface area contributed by atoms with E-state index in [9.17, 15) is 4.39 Å². The molecule has 0 radical (unpaired) electrons. The van der Waals surface area contributed by atoms with Gasteiger partial charge in [0, 0.05) is 55.7 Å². The molecule has 0 N–H and O–H groups in total. The summed E-state index contributed by atoms with van der Waals surface area (Å²) in [6, 6.07) is 22.6. The van der Waals surface area contributed by atoms with Crippen molar-refractivity contribution < 1.29 is 13.9 Å². The van der Waals surface area contributed by atoms with Crippen LogP contribution in [0.5, 0.6) is 5.75 Å². The number of nitrogens with zero attached hydrogens (tertiary/aromatic N) is 3. The molecule has 35 heavy (non-hydrogen) atoms. The van der Waals surface area contributed by atoms with Crippen LogP contribution in [0.4, 0.5) is 21.5 Å². The van der Waals surface area contributed by atoms with Crippen LogP contribution in [0.15, 0.2) is 66.7 Å². The van der Waals surface area contributed by atoms with Gasteiger partial charge < -0.3 is 24.2 Å². The lowest BCUT2D eigenvalue weighted by Gasteiger charge is -2.32. The summed E-state index contributed by atoms with van der Waals surface area (Å²) in [7, 11) is 0. The molecule has 0 amide bonds. The monoisotopic (exact) mass is 473 g/mol. The van der Waals surface area contributed by atoms with E-state index in [0.29, 0.717) is 12.6 Å². The Morgan fingerprint density at radius 2 is 1.71 bits per heavy atom. The second kappa shape index (κ2) is 9.88. The first-order valence-electron chi connectivity index (χ1n) is 12.7. The molecule has 3 aromatic carbocycles. The standard InChI is InChI=1S/C29H32FN3O2/c30-24-7-10-27-23(19-24)21-35-29-4-2-1-3-28(29)33(27)26-12-14-31(20-26)13-11-22-5-8-25(9-6-22)32-15-17-34-18-16-32/h1-10,19,26H,11-18,20-21H2. The molecule has 6 rings (SSSR count). The Kier molecular flexibility index (Phi) is 6.32. The molecule has 0 aromatic heterocycles. The van der Waals surface area contributed by atoms with Crippen LogP contribution < -0.4 is 14.5 Å². The highest BCUT2D eigenvalue weighted by atomic mass is 19.1. The summed E-state index contributed by atoms with van der Waals surface area (Å²) < 4.78 is 25.6. The molecule has 0 aliphatic carbocycles. The molecule has 6 heteroatoms. The maximum Gasteiger partial charge on any atom is 0.143 e. The molecule has 2 fully saturated rings. The Hall–Kier alpha value is -3.09. The number of benzene rings is 3. The number of para-hydroxylation sites is 2. The fourth-order valence-electron chi connectivity index (χ4n) is 5.57. The van der Waals surface area contributed by atoms with Crippen LogP contribution >= 0.6 is 0 Å². The first-order valence-corrected chi connectivity index (χ1v) is 12.7. The van der Waals surface area contributed by atoms with Crippen molar-refractivity contribution in [3.8, 4) is 5.75 Å². The molecule has 3 heterocycles. The van der Waals surface area contributed by atoms with Crippen molar-refractivity contribution >= 4 is 17.1 Å². The Morgan fingerprint density at radius 1 is 0.886 bits per heavy atom. The normalized spacial score (nSPS) is 20.2. The lowest BCUT2D eigenvalue weighted by molar-refractivity contribution is 0.122. The van der Waals surface area contributed by atoms with Gasteiger partial charge in [-0.3, -0.25) is 0 Å². The summed E-state index contributed by atoms with van der Waals surface area (Å²) in [6.07, 6.45) is 2.11. The molecule has 0 spiro atoms. The molecular weight excluding hydrogens is 441 g/mol. The third-order valence-electron chi connectivity index (χ3n) is 7.45. The lowest BCUT2D eigenvalue weighted by Crippen LogP contribution is -2.36. The van der Waals surface area contributed by atoms with Gasteiger partial charge in [0.2, 0.25) is 0 Å². The predicted molar refractivity (Wildman–Crippen MR) is 137 cm³/mol. The average molecular weight is 474 g/mol. The molecule has 3 aliphatic rings. The first-order chi connectivity index (χ1) is 17.2. The van der Waals surface area contributed by atoms with Gasteiger partial charge >= 0.3 is 0 Å². The summed E-state index contributed by atoms with van der Waals surface area (Å²) in [6.45, 7) is 7.02. The van der Waals surface area contributed by atoms with Gasteiger partial charge in [-0.15, -0.1) is 0 Å². The third kappa shape index (κ3) is 4.73. The SMILES string of the molecule is Fc1ccc2c(c1)COc1ccccc1N2C1CCN(CCc2ccc(N3CCOCC3)cc2)C1. The number of ether oxygens (including phenoxy) is 2. The van der Waals surface area contributed by atoms with E-state index < -0.39 is 0 Å². The van der Waals surface area contributed by atoms with Crippen molar-refractivity contribution in [3.05, 3.63) is 83.7 Å². The zero-order valence-electron chi connectivity index (χ0n) is 20.0. The van der Waals surface area contributed by atoms with E-state index in [2.05, 4.69) is 51.1 Å². The van der Waals surface area contributed by atoms with Crippen LogP contribution in [-0.4, -0.2) is 56.9 Å². The van der Waals surface area contributed by atoms with Gasteiger partial charge in [-0.2, -0.15) is 0 Å². The molecule has 1 unspecified atom stereocenters. The summed E-state index contributed by atoms with van der Waals surface area (Å²) in [5, 5.41) is 0. The molecule has 2 saturated heterocycles. The average Bonchev–Trinajstić information content (AvgIpc) is 3.31. The zero-order valence-corrected chi connectivity index (χ0v) is 20.0. The van der Waals surface area contributed by atoms with E-state index in [1.807, 2.05) is 18.2 Å². The predicted octanol–water partition coefficient (Wildman–Crippen LogP) is 5.01. The molecular formula is C29H32FN3O2. The number of halogens is 1. The summed E-state index contributed by atoms with van der Waals surface area (Å²) >= 11 is 0. The van der Waals surface area contributed by atoms with Crippen LogP contribution in [-0.2, 0) is 17.8 Å². The van der Waals surface area contributed by atoms with E-state index in [4.69, 9.17) is 9.47 Å². The molecule has 3 aromatic rings. The Balaban J connectivity index is 1.14. The van der Waals surface area contributed by atoms with Crippen LogP contribution in [0, 0.1) is 5.82 Å². The van der Waals surface area contributed by atoms with E-state index in [1.54, 1.807) is 12.1 Å². The van der Waals surface area contributed by atoms with E-state index in [-0.39, 0.29) is 5.82 Å². The highest BCUT2D eigenvalue weighted by Crippen LogP contribution is 2.42.